The van der Waals surface area contributed by atoms with Crippen LogP contribution < -0.4 is 10.6 Å². The lowest BCUT2D eigenvalue weighted by Gasteiger charge is -2.08. The molecule has 0 saturated carbocycles. The summed E-state index contributed by atoms with van der Waals surface area (Å²) in [6.07, 6.45) is 0. The lowest BCUT2D eigenvalue weighted by atomic mass is 10.1. The maximum atomic E-state index is 12.9. The molecule has 2 N–H and O–H groups in total. The molecule has 3 rings (SSSR count). The molecule has 2 amide bonds. The van der Waals surface area contributed by atoms with Crippen molar-refractivity contribution in [3.63, 3.8) is 0 Å². The second-order valence-electron chi connectivity index (χ2n) is 5.71. The number of hydrogen-bond acceptors (Lipinski definition) is 2. The maximum Gasteiger partial charge on any atom is 0.255 e. The van der Waals surface area contributed by atoms with Crippen molar-refractivity contribution in [2.24, 2.45) is 0 Å². The van der Waals surface area contributed by atoms with Gasteiger partial charge in [0.1, 0.15) is 5.82 Å². The Hall–Kier alpha value is -3.47. The number of amides is 2. The first kappa shape index (κ1) is 17.4. The van der Waals surface area contributed by atoms with E-state index in [4.69, 9.17) is 0 Å². The van der Waals surface area contributed by atoms with Crippen molar-refractivity contribution >= 4 is 17.5 Å². The molecule has 130 valence electrons. The van der Waals surface area contributed by atoms with Crippen LogP contribution in [0.4, 0.5) is 10.1 Å². The molecule has 0 unspecified atom stereocenters. The van der Waals surface area contributed by atoms with Crippen molar-refractivity contribution in [2.75, 3.05) is 5.32 Å². The molecule has 5 heteroatoms. The van der Waals surface area contributed by atoms with Gasteiger partial charge in [0.15, 0.2) is 0 Å². The monoisotopic (exact) mass is 348 g/mol. The zero-order valence-electron chi connectivity index (χ0n) is 13.9. The van der Waals surface area contributed by atoms with Crippen LogP contribution in [0.3, 0.4) is 0 Å². The topological polar surface area (TPSA) is 58.2 Å². The summed E-state index contributed by atoms with van der Waals surface area (Å²) in [5, 5.41) is 5.54. The normalized spacial score (nSPS) is 10.2. The number of carbonyl (C=O) groups is 2. The molecule has 0 saturated heterocycles. The highest BCUT2D eigenvalue weighted by atomic mass is 19.1. The Bertz CT molecular complexity index is 892. The zero-order chi connectivity index (χ0) is 18.4. The summed E-state index contributed by atoms with van der Waals surface area (Å²) in [4.78, 5) is 24.2. The average Bonchev–Trinajstić information content (AvgIpc) is 2.69. The Labute approximate surface area is 150 Å². The molecule has 0 aromatic heterocycles. The molecule has 0 aliphatic carbocycles. The van der Waals surface area contributed by atoms with Gasteiger partial charge in [0, 0.05) is 23.4 Å². The number of nitrogens with one attached hydrogen (secondary N) is 2. The van der Waals surface area contributed by atoms with Gasteiger partial charge in [-0.05, 0) is 54.1 Å². The fourth-order valence-corrected chi connectivity index (χ4v) is 2.38. The van der Waals surface area contributed by atoms with E-state index in [0.29, 0.717) is 23.4 Å². The molecule has 0 aliphatic rings. The SMILES string of the molecule is O=C(NCc1ccc(C(=O)Nc2ccc(F)cc2)cc1)c1ccccc1. The Balaban J connectivity index is 1.57. The fourth-order valence-electron chi connectivity index (χ4n) is 2.38. The van der Waals surface area contributed by atoms with Gasteiger partial charge in [-0.2, -0.15) is 0 Å². The van der Waals surface area contributed by atoms with E-state index in [1.165, 1.54) is 24.3 Å². The summed E-state index contributed by atoms with van der Waals surface area (Å²) < 4.78 is 12.9. The summed E-state index contributed by atoms with van der Waals surface area (Å²) in [7, 11) is 0. The van der Waals surface area contributed by atoms with Crippen molar-refractivity contribution < 1.29 is 14.0 Å². The van der Waals surface area contributed by atoms with Crippen LogP contribution in [0.15, 0.2) is 78.9 Å². The van der Waals surface area contributed by atoms with Crippen LogP contribution in [0.1, 0.15) is 26.3 Å². The highest BCUT2D eigenvalue weighted by Gasteiger charge is 2.07. The van der Waals surface area contributed by atoms with Gasteiger partial charge in [-0.25, -0.2) is 4.39 Å². The Kier molecular flexibility index (Phi) is 5.39. The Morgan fingerprint density at radius 2 is 1.35 bits per heavy atom. The van der Waals surface area contributed by atoms with Crippen molar-refractivity contribution in [1.29, 1.82) is 0 Å². The van der Waals surface area contributed by atoms with Gasteiger partial charge >= 0.3 is 0 Å². The highest BCUT2D eigenvalue weighted by molar-refractivity contribution is 6.04. The Morgan fingerprint density at radius 3 is 2.00 bits per heavy atom. The minimum absolute atomic E-state index is 0.149. The molecular weight excluding hydrogens is 331 g/mol. The van der Waals surface area contributed by atoms with E-state index in [1.54, 1.807) is 36.4 Å². The lowest BCUT2D eigenvalue weighted by Crippen LogP contribution is -2.22. The molecule has 3 aromatic rings. The van der Waals surface area contributed by atoms with E-state index in [-0.39, 0.29) is 17.6 Å². The molecule has 0 spiro atoms. The number of carbonyl (C=O) groups excluding carboxylic acids is 2. The molecule has 0 radical (unpaired) electrons. The first-order valence-electron chi connectivity index (χ1n) is 8.11. The van der Waals surface area contributed by atoms with Gasteiger partial charge in [-0.3, -0.25) is 9.59 Å². The summed E-state index contributed by atoms with van der Waals surface area (Å²) >= 11 is 0. The van der Waals surface area contributed by atoms with Crippen LogP contribution in [-0.4, -0.2) is 11.8 Å². The van der Waals surface area contributed by atoms with E-state index < -0.39 is 0 Å². The van der Waals surface area contributed by atoms with Crippen LogP contribution >= 0.6 is 0 Å². The van der Waals surface area contributed by atoms with Crippen LogP contribution in [0, 0.1) is 5.82 Å². The third kappa shape index (κ3) is 4.54. The highest BCUT2D eigenvalue weighted by Crippen LogP contribution is 2.11. The minimum Gasteiger partial charge on any atom is -0.348 e. The van der Waals surface area contributed by atoms with E-state index in [1.807, 2.05) is 18.2 Å². The lowest BCUT2D eigenvalue weighted by molar-refractivity contribution is 0.0949. The van der Waals surface area contributed by atoms with Gasteiger partial charge in [-0.1, -0.05) is 30.3 Å². The van der Waals surface area contributed by atoms with Crippen molar-refractivity contribution in [3.8, 4) is 0 Å². The van der Waals surface area contributed by atoms with Gasteiger partial charge in [0.2, 0.25) is 0 Å². The summed E-state index contributed by atoms with van der Waals surface area (Å²) in [5.41, 5.74) is 2.48. The molecule has 0 fully saturated rings. The average molecular weight is 348 g/mol. The van der Waals surface area contributed by atoms with Crippen molar-refractivity contribution in [3.05, 3.63) is 101 Å². The number of anilines is 1. The number of benzene rings is 3. The zero-order valence-corrected chi connectivity index (χ0v) is 13.9. The molecule has 0 atom stereocenters. The second-order valence-corrected chi connectivity index (χ2v) is 5.71. The number of hydrogen-bond donors (Lipinski definition) is 2. The summed E-state index contributed by atoms with van der Waals surface area (Å²) in [6, 6.07) is 21.5. The first-order valence-corrected chi connectivity index (χ1v) is 8.11. The maximum absolute atomic E-state index is 12.9. The van der Waals surface area contributed by atoms with E-state index >= 15 is 0 Å². The van der Waals surface area contributed by atoms with Crippen LogP contribution in [0.25, 0.3) is 0 Å². The molecule has 0 bridgehead atoms. The third-order valence-electron chi connectivity index (χ3n) is 3.81. The van der Waals surface area contributed by atoms with Crippen LogP contribution in [0.2, 0.25) is 0 Å². The van der Waals surface area contributed by atoms with Crippen LogP contribution in [-0.2, 0) is 6.54 Å². The predicted molar refractivity (Wildman–Crippen MR) is 98.4 cm³/mol. The number of halogens is 1. The van der Waals surface area contributed by atoms with Gasteiger partial charge in [0.25, 0.3) is 11.8 Å². The molecule has 4 nitrogen and oxygen atoms in total. The molecule has 3 aromatic carbocycles. The largest absolute Gasteiger partial charge is 0.348 e. The Morgan fingerprint density at radius 1 is 0.731 bits per heavy atom. The quantitative estimate of drug-likeness (QED) is 0.732. The van der Waals surface area contributed by atoms with Crippen molar-refractivity contribution in [1.82, 2.24) is 5.32 Å². The third-order valence-corrected chi connectivity index (χ3v) is 3.81. The van der Waals surface area contributed by atoms with Crippen LogP contribution in [0.5, 0.6) is 0 Å². The second kappa shape index (κ2) is 8.07. The minimum atomic E-state index is -0.357. The smallest absolute Gasteiger partial charge is 0.255 e. The van der Waals surface area contributed by atoms with Gasteiger partial charge < -0.3 is 10.6 Å². The molecule has 26 heavy (non-hydrogen) atoms. The molecular formula is C21H17FN2O2. The molecule has 0 heterocycles. The van der Waals surface area contributed by atoms with Gasteiger partial charge in [-0.15, -0.1) is 0 Å². The van der Waals surface area contributed by atoms with Crippen molar-refractivity contribution in [2.45, 2.75) is 6.54 Å². The first-order chi connectivity index (χ1) is 12.6. The van der Waals surface area contributed by atoms with E-state index in [0.717, 1.165) is 5.56 Å². The molecule has 0 aliphatic heterocycles. The standard InChI is InChI=1S/C21H17FN2O2/c22-18-10-12-19(13-11-18)24-21(26)17-8-6-15(7-9-17)14-23-20(25)16-4-2-1-3-5-16/h1-13H,14H2,(H,23,25)(H,24,26). The predicted octanol–water partition coefficient (Wildman–Crippen LogP) is 4.01. The van der Waals surface area contributed by atoms with E-state index in [2.05, 4.69) is 10.6 Å². The number of rotatable bonds is 5. The summed E-state index contributed by atoms with van der Waals surface area (Å²) in [6.45, 7) is 0.369. The van der Waals surface area contributed by atoms with E-state index in [9.17, 15) is 14.0 Å². The van der Waals surface area contributed by atoms with Gasteiger partial charge in [0.05, 0.1) is 0 Å². The fraction of sp³-hybridized carbons (Fsp3) is 0.0476. The summed E-state index contributed by atoms with van der Waals surface area (Å²) in [5.74, 6) is -0.787.